The number of hydrogen-bond acceptors (Lipinski definition) is 3. The first kappa shape index (κ1) is 10.6. The summed E-state index contributed by atoms with van der Waals surface area (Å²) in [7, 11) is 3.87. The first-order valence-corrected chi connectivity index (χ1v) is 4.66. The van der Waals surface area contributed by atoms with Crippen molar-refractivity contribution in [2.45, 2.75) is 20.4 Å². The van der Waals surface area contributed by atoms with Crippen LogP contribution in [0, 0.1) is 0 Å². The molecular formula is C10H17N3O. The molecule has 0 radical (unpaired) electrons. The van der Waals surface area contributed by atoms with Crippen molar-refractivity contribution in [2.24, 2.45) is 0 Å². The van der Waals surface area contributed by atoms with Gasteiger partial charge < -0.3 is 15.2 Å². The number of carbonyl (C=O) groups excluding carboxylic acids is 1. The van der Waals surface area contributed by atoms with E-state index in [0.717, 1.165) is 12.4 Å². The number of anilines is 2. The molecule has 1 aromatic rings. The second kappa shape index (κ2) is 3.74. The van der Waals surface area contributed by atoms with Gasteiger partial charge in [-0.1, -0.05) is 0 Å². The Kier molecular flexibility index (Phi) is 2.84. The van der Waals surface area contributed by atoms with E-state index in [1.807, 2.05) is 36.6 Å². The highest BCUT2D eigenvalue weighted by Crippen LogP contribution is 2.24. The lowest BCUT2D eigenvalue weighted by Gasteiger charge is -2.15. The fraction of sp³-hybridized carbons (Fsp3) is 0.500. The fourth-order valence-corrected chi connectivity index (χ4v) is 1.64. The molecule has 2 N–H and O–H groups in total. The van der Waals surface area contributed by atoms with Gasteiger partial charge in [-0.05, 0) is 6.92 Å². The minimum atomic E-state index is 0.0115. The summed E-state index contributed by atoms with van der Waals surface area (Å²) in [5.41, 5.74) is 6.95. The van der Waals surface area contributed by atoms with Crippen LogP contribution in [-0.2, 0) is 6.54 Å². The molecule has 0 aliphatic heterocycles. The molecule has 0 bridgehead atoms. The number of nitrogens with two attached hydrogens (primary N) is 1. The van der Waals surface area contributed by atoms with Crippen LogP contribution in [0.15, 0.2) is 6.07 Å². The van der Waals surface area contributed by atoms with E-state index in [4.69, 9.17) is 5.73 Å². The van der Waals surface area contributed by atoms with Gasteiger partial charge in [-0.15, -0.1) is 0 Å². The van der Waals surface area contributed by atoms with E-state index in [-0.39, 0.29) is 5.78 Å². The van der Waals surface area contributed by atoms with Crippen molar-refractivity contribution in [3.05, 3.63) is 11.8 Å². The van der Waals surface area contributed by atoms with Crippen molar-refractivity contribution < 1.29 is 4.79 Å². The number of ketones is 1. The smallest absolute Gasteiger partial charge is 0.178 e. The van der Waals surface area contributed by atoms with Gasteiger partial charge in [0.1, 0.15) is 11.5 Å². The number of nitrogens with zero attached hydrogens (tertiary/aromatic N) is 2. The average molecular weight is 195 g/mol. The van der Waals surface area contributed by atoms with Crippen LogP contribution in [0.4, 0.5) is 11.5 Å². The first-order valence-electron chi connectivity index (χ1n) is 4.66. The highest BCUT2D eigenvalue weighted by Gasteiger charge is 2.16. The molecule has 0 atom stereocenters. The molecule has 0 amide bonds. The maximum absolute atomic E-state index is 11.4. The van der Waals surface area contributed by atoms with E-state index in [1.54, 1.807) is 0 Å². The maximum Gasteiger partial charge on any atom is 0.178 e. The minimum absolute atomic E-state index is 0.0115. The van der Waals surface area contributed by atoms with Crippen molar-refractivity contribution in [1.29, 1.82) is 0 Å². The Morgan fingerprint density at radius 3 is 2.50 bits per heavy atom. The standard InChI is InChI=1S/C10H17N3O/c1-5-13-9(12(3)4)6-8(11)10(13)7(2)14/h6H,5,11H2,1-4H3. The quantitative estimate of drug-likeness (QED) is 0.741. The largest absolute Gasteiger partial charge is 0.397 e. The monoisotopic (exact) mass is 195 g/mol. The molecule has 1 rings (SSSR count). The van der Waals surface area contributed by atoms with Gasteiger partial charge in [0, 0.05) is 33.6 Å². The van der Waals surface area contributed by atoms with Crippen molar-refractivity contribution in [2.75, 3.05) is 24.7 Å². The Labute approximate surface area is 84.3 Å². The van der Waals surface area contributed by atoms with E-state index in [1.165, 1.54) is 6.92 Å². The molecule has 0 saturated heterocycles. The van der Waals surface area contributed by atoms with E-state index in [9.17, 15) is 4.79 Å². The van der Waals surface area contributed by atoms with Crippen molar-refractivity contribution >= 4 is 17.3 Å². The van der Waals surface area contributed by atoms with Crippen molar-refractivity contribution in [3.8, 4) is 0 Å². The summed E-state index contributed by atoms with van der Waals surface area (Å²) >= 11 is 0. The number of carbonyl (C=O) groups is 1. The van der Waals surface area contributed by atoms with Gasteiger partial charge >= 0.3 is 0 Å². The van der Waals surface area contributed by atoms with Crippen LogP contribution >= 0.6 is 0 Å². The summed E-state index contributed by atoms with van der Waals surface area (Å²) in [5, 5.41) is 0. The zero-order chi connectivity index (χ0) is 10.9. The Morgan fingerprint density at radius 1 is 1.57 bits per heavy atom. The SMILES string of the molecule is CCn1c(N(C)C)cc(N)c1C(C)=O. The predicted molar refractivity (Wildman–Crippen MR) is 58.8 cm³/mol. The molecule has 0 aliphatic carbocycles. The molecule has 4 nitrogen and oxygen atoms in total. The normalized spacial score (nSPS) is 10.3. The van der Waals surface area contributed by atoms with Gasteiger partial charge in [-0.3, -0.25) is 4.79 Å². The van der Waals surface area contributed by atoms with Crippen LogP contribution in [0.3, 0.4) is 0 Å². The summed E-state index contributed by atoms with van der Waals surface area (Å²) in [5.74, 6) is 0.979. The van der Waals surface area contributed by atoms with Crippen LogP contribution in [0.25, 0.3) is 0 Å². The lowest BCUT2D eigenvalue weighted by molar-refractivity contribution is 0.101. The van der Waals surface area contributed by atoms with Crippen LogP contribution in [0.2, 0.25) is 0 Å². The summed E-state index contributed by atoms with van der Waals surface area (Å²) in [6, 6.07) is 1.83. The van der Waals surface area contributed by atoms with Gasteiger partial charge in [-0.2, -0.15) is 0 Å². The number of nitrogen functional groups attached to an aromatic ring is 1. The molecule has 0 aromatic carbocycles. The Morgan fingerprint density at radius 2 is 2.14 bits per heavy atom. The molecule has 0 unspecified atom stereocenters. The third kappa shape index (κ3) is 1.60. The molecule has 0 spiro atoms. The molecule has 4 heteroatoms. The molecular weight excluding hydrogens is 178 g/mol. The van der Waals surface area contributed by atoms with E-state index >= 15 is 0 Å². The van der Waals surface area contributed by atoms with Gasteiger partial charge in [0.05, 0.1) is 5.69 Å². The number of aromatic nitrogens is 1. The topological polar surface area (TPSA) is 51.3 Å². The minimum Gasteiger partial charge on any atom is -0.397 e. The molecule has 1 heterocycles. The number of Topliss-reactive ketones (excluding diaryl/α,β-unsaturated/α-hetero) is 1. The van der Waals surface area contributed by atoms with Crippen LogP contribution in [0.5, 0.6) is 0 Å². The van der Waals surface area contributed by atoms with E-state index in [2.05, 4.69) is 0 Å². The highest BCUT2D eigenvalue weighted by atomic mass is 16.1. The lowest BCUT2D eigenvalue weighted by Crippen LogP contribution is -2.16. The molecule has 0 saturated carbocycles. The molecule has 0 aliphatic rings. The Balaban J connectivity index is 3.35. The summed E-state index contributed by atoms with van der Waals surface area (Å²) in [4.78, 5) is 13.3. The van der Waals surface area contributed by atoms with E-state index < -0.39 is 0 Å². The summed E-state index contributed by atoms with van der Waals surface area (Å²) in [6.07, 6.45) is 0. The summed E-state index contributed by atoms with van der Waals surface area (Å²) < 4.78 is 1.93. The molecule has 1 aromatic heterocycles. The number of hydrogen-bond donors (Lipinski definition) is 1. The molecule has 0 fully saturated rings. The lowest BCUT2D eigenvalue weighted by atomic mass is 10.3. The molecule has 78 valence electrons. The number of rotatable bonds is 3. The Bertz CT molecular complexity index is 352. The average Bonchev–Trinajstić information content (AvgIpc) is 2.41. The highest BCUT2D eigenvalue weighted by molar-refractivity contribution is 5.98. The van der Waals surface area contributed by atoms with Gasteiger partial charge in [-0.25, -0.2) is 0 Å². The van der Waals surface area contributed by atoms with Gasteiger partial charge in [0.15, 0.2) is 5.78 Å². The zero-order valence-corrected chi connectivity index (χ0v) is 9.16. The first-order chi connectivity index (χ1) is 6.49. The van der Waals surface area contributed by atoms with Crippen LogP contribution in [0.1, 0.15) is 24.3 Å². The molecule has 14 heavy (non-hydrogen) atoms. The Hall–Kier alpha value is -1.45. The maximum atomic E-state index is 11.4. The zero-order valence-electron chi connectivity index (χ0n) is 9.16. The van der Waals surface area contributed by atoms with Crippen molar-refractivity contribution in [3.63, 3.8) is 0 Å². The van der Waals surface area contributed by atoms with Crippen LogP contribution in [-0.4, -0.2) is 24.4 Å². The van der Waals surface area contributed by atoms with Crippen molar-refractivity contribution in [1.82, 2.24) is 4.57 Å². The third-order valence-electron chi connectivity index (χ3n) is 2.21. The summed E-state index contributed by atoms with van der Waals surface area (Å²) in [6.45, 7) is 4.29. The third-order valence-corrected chi connectivity index (χ3v) is 2.21. The van der Waals surface area contributed by atoms with Gasteiger partial charge in [0.2, 0.25) is 0 Å². The van der Waals surface area contributed by atoms with Crippen LogP contribution < -0.4 is 10.6 Å². The second-order valence-corrected chi connectivity index (χ2v) is 3.50. The fourth-order valence-electron chi connectivity index (χ4n) is 1.64. The predicted octanol–water partition coefficient (Wildman–Crippen LogP) is 1.36. The van der Waals surface area contributed by atoms with Gasteiger partial charge in [0.25, 0.3) is 0 Å². The second-order valence-electron chi connectivity index (χ2n) is 3.50. The van der Waals surface area contributed by atoms with E-state index in [0.29, 0.717) is 11.4 Å².